The maximum absolute atomic E-state index is 5.97. The number of nitrogens with zero attached hydrogens (tertiary/aromatic N) is 2. The third-order valence-electron chi connectivity index (χ3n) is 4.88. The number of hydrogen-bond donors (Lipinski definition) is 2. The maximum Gasteiger partial charge on any atom is 0.191 e. The minimum Gasteiger partial charge on any atom is -0.491 e. The van der Waals surface area contributed by atoms with Gasteiger partial charge in [0.15, 0.2) is 5.96 Å². The lowest BCUT2D eigenvalue weighted by atomic mass is 10.0. The molecule has 0 radical (unpaired) electrons. The van der Waals surface area contributed by atoms with Crippen LogP contribution in [0.1, 0.15) is 51.5 Å². The van der Waals surface area contributed by atoms with Gasteiger partial charge in [-0.2, -0.15) is 0 Å². The summed E-state index contributed by atoms with van der Waals surface area (Å²) >= 11 is 0. The highest BCUT2D eigenvalue weighted by atomic mass is 127. The second kappa shape index (κ2) is 13.2. The van der Waals surface area contributed by atoms with E-state index in [1.165, 1.54) is 44.5 Å². The summed E-state index contributed by atoms with van der Waals surface area (Å²) in [6.45, 7) is 11.6. The highest BCUT2D eigenvalue weighted by molar-refractivity contribution is 14.0. The van der Waals surface area contributed by atoms with E-state index in [0.717, 1.165) is 18.3 Å². The fourth-order valence-corrected chi connectivity index (χ4v) is 3.42. The largest absolute Gasteiger partial charge is 0.491 e. The normalized spacial score (nSPS) is 16.1. The van der Waals surface area contributed by atoms with Crippen molar-refractivity contribution >= 4 is 29.9 Å². The van der Waals surface area contributed by atoms with Gasteiger partial charge in [0.2, 0.25) is 0 Å². The molecule has 6 heteroatoms. The van der Waals surface area contributed by atoms with Gasteiger partial charge >= 0.3 is 0 Å². The number of hydrogen-bond acceptors (Lipinski definition) is 3. The minimum atomic E-state index is 0. The second-order valence-corrected chi connectivity index (χ2v) is 7.30. The number of guanidine groups is 1. The number of halogens is 1. The predicted octanol–water partition coefficient (Wildman–Crippen LogP) is 3.85. The van der Waals surface area contributed by atoms with Crippen LogP contribution < -0.4 is 15.4 Å². The summed E-state index contributed by atoms with van der Waals surface area (Å²) in [6.07, 6.45) is 3.60. The molecule has 1 aliphatic heterocycles. The van der Waals surface area contributed by atoms with Gasteiger partial charge in [0.1, 0.15) is 12.4 Å². The van der Waals surface area contributed by atoms with E-state index in [-0.39, 0.29) is 24.0 Å². The number of piperidine rings is 1. The Hall–Kier alpha value is -1.02. The zero-order chi connectivity index (χ0) is 18.8. The molecule has 1 aromatic carbocycles. The van der Waals surface area contributed by atoms with E-state index in [4.69, 9.17) is 4.74 Å². The fraction of sp³-hybridized carbons (Fsp3) is 0.667. The summed E-state index contributed by atoms with van der Waals surface area (Å²) in [7, 11) is 1.83. The van der Waals surface area contributed by atoms with Crippen LogP contribution in [0.25, 0.3) is 0 Å². The van der Waals surface area contributed by atoms with Gasteiger partial charge in [-0.05, 0) is 43.4 Å². The van der Waals surface area contributed by atoms with Crippen LogP contribution in [0.4, 0.5) is 0 Å². The molecule has 1 fully saturated rings. The van der Waals surface area contributed by atoms with Crippen LogP contribution in [-0.4, -0.2) is 56.7 Å². The van der Waals surface area contributed by atoms with Gasteiger partial charge in [-0.25, -0.2) is 0 Å². The number of rotatable bonds is 8. The average molecular weight is 488 g/mol. The van der Waals surface area contributed by atoms with Gasteiger partial charge in [-0.1, -0.05) is 39.0 Å². The number of para-hydroxylation sites is 1. The van der Waals surface area contributed by atoms with Crippen molar-refractivity contribution in [1.82, 2.24) is 15.5 Å². The molecule has 1 saturated heterocycles. The van der Waals surface area contributed by atoms with Crippen LogP contribution in [0.5, 0.6) is 5.75 Å². The fourth-order valence-electron chi connectivity index (χ4n) is 3.42. The van der Waals surface area contributed by atoms with Gasteiger partial charge < -0.3 is 20.3 Å². The number of nitrogens with one attached hydrogen (secondary N) is 2. The summed E-state index contributed by atoms with van der Waals surface area (Å²) in [5.74, 6) is 2.32. The summed E-state index contributed by atoms with van der Waals surface area (Å²) in [5.41, 5.74) is 1.26. The maximum atomic E-state index is 5.97. The Bertz CT molecular complexity index is 557. The molecule has 5 nitrogen and oxygen atoms in total. The lowest BCUT2D eigenvalue weighted by Crippen LogP contribution is -2.49. The van der Waals surface area contributed by atoms with E-state index in [1.807, 2.05) is 19.2 Å². The monoisotopic (exact) mass is 488 g/mol. The molecular formula is C21H37IN4O. The van der Waals surface area contributed by atoms with Gasteiger partial charge in [0.05, 0.1) is 6.54 Å². The van der Waals surface area contributed by atoms with Crippen molar-refractivity contribution in [2.24, 2.45) is 4.99 Å². The zero-order valence-electron chi connectivity index (χ0n) is 17.3. The van der Waals surface area contributed by atoms with Crippen LogP contribution >= 0.6 is 24.0 Å². The van der Waals surface area contributed by atoms with E-state index < -0.39 is 0 Å². The first-order chi connectivity index (χ1) is 12.6. The molecule has 2 rings (SSSR count). The highest BCUT2D eigenvalue weighted by Gasteiger charge is 2.19. The van der Waals surface area contributed by atoms with Crippen LogP contribution in [-0.2, 0) is 0 Å². The Kier molecular flexibility index (Phi) is 11.7. The first-order valence-electron chi connectivity index (χ1n) is 10.0. The van der Waals surface area contributed by atoms with Gasteiger partial charge in [-0.3, -0.25) is 4.99 Å². The number of aliphatic imine (C=N–C) groups is 1. The Morgan fingerprint density at radius 2 is 1.96 bits per heavy atom. The van der Waals surface area contributed by atoms with E-state index in [9.17, 15) is 0 Å². The quantitative estimate of drug-likeness (QED) is 0.253. The van der Waals surface area contributed by atoms with E-state index in [2.05, 4.69) is 53.4 Å². The Balaban J connectivity index is 0.00000364. The molecule has 154 valence electrons. The molecule has 2 N–H and O–H groups in total. The molecule has 0 spiro atoms. The lowest BCUT2D eigenvalue weighted by molar-refractivity contribution is 0.206. The van der Waals surface area contributed by atoms with Crippen molar-refractivity contribution in [3.05, 3.63) is 29.8 Å². The number of benzene rings is 1. The van der Waals surface area contributed by atoms with Crippen molar-refractivity contribution < 1.29 is 4.74 Å². The Morgan fingerprint density at radius 1 is 1.26 bits per heavy atom. The molecule has 27 heavy (non-hydrogen) atoms. The van der Waals surface area contributed by atoms with Crippen molar-refractivity contribution in [2.75, 3.05) is 39.8 Å². The molecule has 0 aliphatic carbocycles. The predicted molar refractivity (Wildman–Crippen MR) is 126 cm³/mol. The molecule has 0 aromatic heterocycles. The molecule has 0 atom stereocenters. The molecule has 0 saturated carbocycles. The lowest BCUT2D eigenvalue weighted by Gasteiger charge is -2.32. The van der Waals surface area contributed by atoms with Crippen LogP contribution in [0.2, 0.25) is 0 Å². The molecular weight excluding hydrogens is 451 g/mol. The Morgan fingerprint density at radius 3 is 2.59 bits per heavy atom. The smallest absolute Gasteiger partial charge is 0.191 e. The molecule has 0 amide bonds. The summed E-state index contributed by atoms with van der Waals surface area (Å²) in [6, 6.07) is 8.79. The van der Waals surface area contributed by atoms with Crippen LogP contribution in [0, 0.1) is 0 Å². The third kappa shape index (κ3) is 8.25. The van der Waals surface area contributed by atoms with E-state index >= 15 is 0 Å². The summed E-state index contributed by atoms with van der Waals surface area (Å²) in [4.78, 5) is 6.90. The van der Waals surface area contributed by atoms with E-state index in [0.29, 0.717) is 18.6 Å². The molecule has 0 bridgehead atoms. The van der Waals surface area contributed by atoms with Crippen molar-refractivity contribution in [2.45, 2.75) is 52.0 Å². The molecule has 1 heterocycles. The molecule has 0 unspecified atom stereocenters. The van der Waals surface area contributed by atoms with Crippen LogP contribution in [0.3, 0.4) is 0 Å². The number of ether oxygens (including phenoxy) is 1. The second-order valence-electron chi connectivity index (χ2n) is 7.30. The van der Waals surface area contributed by atoms with Crippen molar-refractivity contribution in [3.63, 3.8) is 0 Å². The zero-order valence-corrected chi connectivity index (χ0v) is 19.7. The topological polar surface area (TPSA) is 48.9 Å². The standard InChI is InChI=1S/C21H36N4O.HI/c1-5-13-25-14-10-18(11-15-25)24-21(22-4)23-12-16-26-20-9-7-6-8-19(20)17(2)3;/h6-9,17-18H,5,10-16H2,1-4H3,(H2,22,23,24);1H. The SMILES string of the molecule is CCCN1CCC(NC(=NC)NCCOc2ccccc2C(C)C)CC1.I. The first-order valence-corrected chi connectivity index (χ1v) is 10.0. The van der Waals surface area contributed by atoms with Crippen LogP contribution in [0.15, 0.2) is 29.3 Å². The summed E-state index contributed by atoms with van der Waals surface area (Å²) < 4.78 is 5.97. The van der Waals surface area contributed by atoms with Gasteiger partial charge in [0.25, 0.3) is 0 Å². The van der Waals surface area contributed by atoms with Crippen molar-refractivity contribution in [3.8, 4) is 5.75 Å². The average Bonchev–Trinajstić information content (AvgIpc) is 2.66. The number of likely N-dealkylation sites (tertiary alicyclic amines) is 1. The summed E-state index contributed by atoms with van der Waals surface area (Å²) in [5, 5.41) is 6.93. The minimum absolute atomic E-state index is 0. The van der Waals surface area contributed by atoms with Gasteiger partial charge in [0, 0.05) is 26.2 Å². The van der Waals surface area contributed by atoms with E-state index in [1.54, 1.807) is 0 Å². The van der Waals surface area contributed by atoms with Crippen molar-refractivity contribution in [1.29, 1.82) is 0 Å². The molecule has 1 aromatic rings. The third-order valence-corrected chi connectivity index (χ3v) is 4.88. The first kappa shape index (κ1) is 24.0. The Labute approximate surface area is 182 Å². The molecule has 1 aliphatic rings. The highest BCUT2D eigenvalue weighted by Crippen LogP contribution is 2.25. The van der Waals surface area contributed by atoms with Gasteiger partial charge in [-0.15, -0.1) is 24.0 Å².